The van der Waals surface area contributed by atoms with Gasteiger partial charge in [-0.1, -0.05) is 36.4 Å². The maximum atomic E-state index is 13.5. The summed E-state index contributed by atoms with van der Waals surface area (Å²) in [5.74, 6) is -0.249. The summed E-state index contributed by atoms with van der Waals surface area (Å²) in [6.07, 6.45) is 3.80. The van der Waals surface area contributed by atoms with E-state index in [2.05, 4.69) is 16.7 Å². The number of aldehydes is 1. The van der Waals surface area contributed by atoms with Gasteiger partial charge < -0.3 is 9.30 Å². The van der Waals surface area contributed by atoms with Crippen LogP contribution in [-0.2, 0) is 22.7 Å². The minimum atomic E-state index is -0.249. The van der Waals surface area contributed by atoms with Crippen LogP contribution in [0.5, 0.6) is 0 Å². The van der Waals surface area contributed by atoms with Crippen LogP contribution in [-0.4, -0.2) is 17.5 Å². The average molecular weight is 323 g/mol. The Morgan fingerprint density at radius 3 is 2.71 bits per heavy atom. The molecule has 3 aromatic rings. The summed E-state index contributed by atoms with van der Waals surface area (Å²) in [7, 11) is 0. The number of allylic oxidation sites excluding steroid dienone is 1. The molecule has 3 rings (SSSR count). The predicted molar refractivity (Wildman–Crippen MR) is 92.3 cm³/mol. The fourth-order valence-electron chi connectivity index (χ4n) is 2.71. The number of carbonyl (C=O) groups is 1. The molecule has 0 fully saturated rings. The standard InChI is InChI=1S/C20H18FNO2/c21-18-8-9-20-17(12-18)13-19(15-24-11-5-4-10-23)22(20)14-16-6-2-1-3-7-16/h1-10,12-13H,11,14-15H2/b5-4+. The number of rotatable bonds is 7. The van der Waals surface area contributed by atoms with E-state index in [-0.39, 0.29) is 5.82 Å². The van der Waals surface area contributed by atoms with E-state index in [1.807, 2.05) is 24.3 Å². The molecule has 0 aliphatic carbocycles. The van der Waals surface area contributed by atoms with Gasteiger partial charge in [-0.05, 0) is 35.9 Å². The van der Waals surface area contributed by atoms with Crippen molar-refractivity contribution in [3.05, 3.63) is 83.8 Å². The Kier molecular flexibility index (Phi) is 5.18. The molecular weight excluding hydrogens is 305 g/mol. The molecule has 1 heterocycles. The number of ether oxygens (including phenoxy) is 1. The van der Waals surface area contributed by atoms with Crippen molar-refractivity contribution >= 4 is 17.2 Å². The fourth-order valence-corrected chi connectivity index (χ4v) is 2.71. The monoisotopic (exact) mass is 323 g/mol. The highest BCUT2D eigenvalue weighted by Crippen LogP contribution is 2.23. The van der Waals surface area contributed by atoms with Crippen molar-refractivity contribution in [1.29, 1.82) is 0 Å². The number of hydrogen-bond acceptors (Lipinski definition) is 2. The lowest BCUT2D eigenvalue weighted by molar-refractivity contribution is -0.104. The quantitative estimate of drug-likeness (QED) is 0.372. The zero-order valence-electron chi connectivity index (χ0n) is 13.2. The van der Waals surface area contributed by atoms with Gasteiger partial charge in [0.1, 0.15) is 12.1 Å². The molecule has 0 aliphatic heterocycles. The average Bonchev–Trinajstić information content (AvgIpc) is 2.92. The lowest BCUT2D eigenvalue weighted by atomic mass is 10.2. The molecule has 0 spiro atoms. The molecule has 4 heteroatoms. The first-order valence-corrected chi connectivity index (χ1v) is 7.77. The van der Waals surface area contributed by atoms with Crippen LogP contribution >= 0.6 is 0 Å². The van der Waals surface area contributed by atoms with Crippen LogP contribution in [0.4, 0.5) is 4.39 Å². The second-order valence-electron chi connectivity index (χ2n) is 5.49. The van der Waals surface area contributed by atoms with Gasteiger partial charge in [-0.15, -0.1) is 0 Å². The molecule has 0 bridgehead atoms. The molecule has 24 heavy (non-hydrogen) atoms. The molecule has 0 atom stereocenters. The lowest BCUT2D eigenvalue weighted by Gasteiger charge is -2.11. The first-order valence-electron chi connectivity index (χ1n) is 7.77. The predicted octanol–water partition coefficient (Wildman–Crippen LogP) is 4.10. The van der Waals surface area contributed by atoms with E-state index in [0.717, 1.165) is 22.9 Å². The molecule has 0 amide bonds. The van der Waals surface area contributed by atoms with Crippen LogP contribution in [0.1, 0.15) is 11.3 Å². The normalized spacial score (nSPS) is 11.4. The molecule has 0 aliphatic rings. The zero-order chi connectivity index (χ0) is 16.8. The Morgan fingerprint density at radius 2 is 1.92 bits per heavy atom. The lowest BCUT2D eigenvalue weighted by Crippen LogP contribution is -2.06. The molecule has 3 nitrogen and oxygen atoms in total. The van der Waals surface area contributed by atoms with Crippen molar-refractivity contribution in [2.24, 2.45) is 0 Å². The topological polar surface area (TPSA) is 31.2 Å². The fraction of sp³-hybridized carbons (Fsp3) is 0.150. The number of benzene rings is 2. The van der Waals surface area contributed by atoms with Crippen LogP contribution < -0.4 is 0 Å². The van der Waals surface area contributed by atoms with E-state index in [1.165, 1.54) is 23.8 Å². The van der Waals surface area contributed by atoms with Crippen molar-refractivity contribution in [3.63, 3.8) is 0 Å². The number of aromatic nitrogens is 1. The molecule has 0 unspecified atom stereocenters. The van der Waals surface area contributed by atoms with E-state index in [0.29, 0.717) is 19.8 Å². The number of nitrogens with zero attached hydrogens (tertiary/aromatic N) is 1. The SMILES string of the molecule is O=C/C=C/COCc1cc2cc(F)ccc2n1Cc1ccccc1. The maximum Gasteiger partial charge on any atom is 0.142 e. The van der Waals surface area contributed by atoms with Crippen LogP contribution in [0.25, 0.3) is 10.9 Å². The maximum absolute atomic E-state index is 13.5. The first kappa shape index (κ1) is 16.1. The van der Waals surface area contributed by atoms with Crippen LogP contribution in [0.15, 0.2) is 66.7 Å². The highest BCUT2D eigenvalue weighted by molar-refractivity contribution is 5.81. The van der Waals surface area contributed by atoms with Gasteiger partial charge in [-0.3, -0.25) is 4.79 Å². The number of hydrogen-bond donors (Lipinski definition) is 0. The van der Waals surface area contributed by atoms with Gasteiger partial charge in [-0.25, -0.2) is 4.39 Å². The van der Waals surface area contributed by atoms with E-state index < -0.39 is 0 Å². The third-order valence-electron chi connectivity index (χ3n) is 3.81. The Morgan fingerprint density at radius 1 is 1.08 bits per heavy atom. The Balaban J connectivity index is 1.89. The number of carbonyl (C=O) groups excluding carboxylic acids is 1. The summed E-state index contributed by atoms with van der Waals surface area (Å²) in [5, 5.41) is 0.855. The summed E-state index contributed by atoms with van der Waals surface area (Å²) >= 11 is 0. The van der Waals surface area contributed by atoms with Crippen LogP contribution in [0, 0.1) is 5.82 Å². The molecule has 0 saturated carbocycles. The van der Waals surface area contributed by atoms with E-state index in [9.17, 15) is 9.18 Å². The molecule has 0 saturated heterocycles. The Hall–Kier alpha value is -2.72. The van der Waals surface area contributed by atoms with Crippen molar-refractivity contribution in [3.8, 4) is 0 Å². The van der Waals surface area contributed by atoms with E-state index in [4.69, 9.17) is 4.74 Å². The smallest absolute Gasteiger partial charge is 0.142 e. The van der Waals surface area contributed by atoms with Gasteiger partial charge >= 0.3 is 0 Å². The first-order chi connectivity index (χ1) is 11.8. The van der Waals surface area contributed by atoms with Crippen molar-refractivity contribution in [2.75, 3.05) is 6.61 Å². The summed E-state index contributed by atoms with van der Waals surface area (Å²) in [6.45, 7) is 1.45. The molecule has 122 valence electrons. The molecule has 0 radical (unpaired) electrons. The highest BCUT2D eigenvalue weighted by atomic mass is 19.1. The minimum Gasteiger partial charge on any atom is -0.371 e. The second-order valence-corrected chi connectivity index (χ2v) is 5.49. The van der Waals surface area contributed by atoms with Crippen molar-refractivity contribution in [1.82, 2.24) is 4.57 Å². The van der Waals surface area contributed by atoms with Crippen LogP contribution in [0.3, 0.4) is 0 Å². The van der Waals surface area contributed by atoms with Gasteiger partial charge in [0.25, 0.3) is 0 Å². The Bertz CT molecular complexity index is 853. The Labute approximate surface area is 140 Å². The van der Waals surface area contributed by atoms with Crippen molar-refractivity contribution in [2.45, 2.75) is 13.2 Å². The van der Waals surface area contributed by atoms with Crippen molar-refractivity contribution < 1.29 is 13.9 Å². The largest absolute Gasteiger partial charge is 0.371 e. The summed E-state index contributed by atoms with van der Waals surface area (Å²) in [4.78, 5) is 10.3. The van der Waals surface area contributed by atoms with Gasteiger partial charge in [0, 0.05) is 23.1 Å². The molecule has 2 aromatic carbocycles. The highest BCUT2D eigenvalue weighted by Gasteiger charge is 2.10. The van der Waals surface area contributed by atoms with E-state index in [1.54, 1.807) is 12.1 Å². The molecule has 1 aromatic heterocycles. The third kappa shape index (κ3) is 3.78. The van der Waals surface area contributed by atoms with Gasteiger partial charge in [0.2, 0.25) is 0 Å². The third-order valence-corrected chi connectivity index (χ3v) is 3.81. The molecular formula is C20H18FNO2. The summed E-state index contributed by atoms with van der Waals surface area (Å²) in [6, 6.07) is 16.9. The summed E-state index contributed by atoms with van der Waals surface area (Å²) in [5.41, 5.74) is 3.11. The molecule has 0 N–H and O–H groups in total. The van der Waals surface area contributed by atoms with Gasteiger partial charge in [0.15, 0.2) is 0 Å². The minimum absolute atomic E-state index is 0.249. The van der Waals surface area contributed by atoms with Gasteiger partial charge in [0.05, 0.1) is 13.2 Å². The second kappa shape index (κ2) is 7.70. The number of fused-ring (bicyclic) bond motifs is 1. The van der Waals surface area contributed by atoms with Crippen LogP contribution in [0.2, 0.25) is 0 Å². The number of halogens is 1. The zero-order valence-corrected chi connectivity index (χ0v) is 13.2. The van der Waals surface area contributed by atoms with Gasteiger partial charge in [-0.2, -0.15) is 0 Å². The van der Waals surface area contributed by atoms with E-state index >= 15 is 0 Å². The summed E-state index contributed by atoms with van der Waals surface area (Å²) < 4.78 is 21.2.